The first-order valence-corrected chi connectivity index (χ1v) is 7.35. The number of hydrogen-bond donors (Lipinski definition) is 1. The van der Waals surface area contributed by atoms with Crippen LogP contribution in [0.25, 0.3) is 0 Å². The molecule has 0 spiro atoms. The Labute approximate surface area is 101 Å². The fourth-order valence-corrected chi connectivity index (χ4v) is 4.71. The average Bonchev–Trinajstić information content (AvgIpc) is 2.84. The van der Waals surface area contributed by atoms with Crippen LogP contribution in [0, 0.1) is 0 Å². The number of carboxylic acids is 1. The average molecular weight is 262 g/mol. The summed E-state index contributed by atoms with van der Waals surface area (Å²) in [4.78, 5) is 11.0. The molecular weight excluding hydrogens is 244 g/mol. The lowest BCUT2D eigenvalue weighted by Gasteiger charge is -2.29. The number of carbonyl (C=O) groups is 1. The van der Waals surface area contributed by atoms with Crippen molar-refractivity contribution in [2.45, 2.75) is 44.7 Å². The van der Waals surface area contributed by atoms with E-state index in [4.69, 9.17) is 5.11 Å². The number of aliphatic carboxylic acids is 1. The second kappa shape index (κ2) is 4.55. The van der Waals surface area contributed by atoms with Crippen molar-refractivity contribution in [2.24, 2.45) is 0 Å². The molecule has 0 radical (unpaired) electrons. The minimum atomic E-state index is -3.60. The zero-order chi connectivity index (χ0) is 12.6. The first-order valence-electron chi connectivity index (χ1n) is 5.96. The summed E-state index contributed by atoms with van der Waals surface area (Å²) in [5, 5.41) is 9.03. The van der Waals surface area contributed by atoms with E-state index in [1.165, 1.54) is 4.31 Å². The van der Waals surface area contributed by atoms with Gasteiger partial charge in [0.05, 0.1) is 0 Å². The Morgan fingerprint density at radius 1 is 1.18 bits per heavy atom. The second-order valence-corrected chi connectivity index (χ2v) is 6.55. The van der Waals surface area contributed by atoms with Crippen LogP contribution in [0.1, 0.15) is 32.6 Å². The van der Waals surface area contributed by atoms with Crippen molar-refractivity contribution in [3.63, 3.8) is 0 Å². The van der Waals surface area contributed by atoms with Gasteiger partial charge in [-0.25, -0.2) is 0 Å². The van der Waals surface area contributed by atoms with E-state index in [-0.39, 0.29) is 6.04 Å². The minimum absolute atomic E-state index is 0.0185. The SMILES string of the molecule is CC1CCCN1S(=O)(=O)N1CCCC1C(=O)O. The van der Waals surface area contributed by atoms with Crippen molar-refractivity contribution in [1.29, 1.82) is 0 Å². The van der Waals surface area contributed by atoms with E-state index in [2.05, 4.69) is 0 Å². The molecule has 2 saturated heterocycles. The topological polar surface area (TPSA) is 77.9 Å². The lowest BCUT2D eigenvalue weighted by atomic mass is 10.2. The summed E-state index contributed by atoms with van der Waals surface area (Å²) in [6.45, 7) is 2.70. The molecule has 2 unspecified atom stereocenters. The van der Waals surface area contributed by atoms with Gasteiger partial charge in [-0.3, -0.25) is 4.79 Å². The van der Waals surface area contributed by atoms with Crippen LogP contribution in [0.4, 0.5) is 0 Å². The summed E-state index contributed by atoms with van der Waals surface area (Å²) in [5.74, 6) is -1.04. The van der Waals surface area contributed by atoms with E-state index >= 15 is 0 Å². The van der Waals surface area contributed by atoms with Gasteiger partial charge in [0, 0.05) is 19.1 Å². The van der Waals surface area contributed by atoms with E-state index < -0.39 is 22.2 Å². The highest BCUT2D eigenvalue weighted by Gasteiger charge is 2.43. The first kappa shape index (κ1) is 12.8. The van der Waals surface area contributed by atoms with Gasteiger partial charge in [-0.1, -0.05) is 0 Å². The normalized spacial score (nSPS) is 32.1. The number of carboxylic acid groups (broad SMARTS) is 1. The fraction of sp³-hybridized carbons (Fsp3) is 0.900. The molecule has 0 aromatic rings. The third-order valence-corrected chi connectivity index (χ3v) is 5.74. The zero-order valence-corrected chi connectivity index (χ0v) is 10.7. The maximum Gasteiger partial charge on any atom is 0.322 e. The lowest BCUT2D eigenvalue weighted by molar-refractivity contribution is -0.140. The van der Waals surface area contributed by atoms with Crippen molar-refractivity contribution >= 4 is 16.2 Å². The number of nitrogens with zero attached hydrogens (tertiary/aromatic N) is 2. The Hall–Kier alpha value is -0.660. The molecule has 0 aromatic heterocycles. The van der Waals surface area contributed by atoms with Crippen molar-refractivity contribution < 1.29 is 18.3 Å². The molecule has 2 aliphatic heterocycles. The van der Waals surface area contributed by atoms with E-state index in [0.717, 1.165) is 17.1 Å². The summed E-state index contributed by atoms with van der Waals surface area (Å²) in [6, 6.07) is -0.900. The molecule has 7 heteroatoms. The van der Waals surface area contributed by atoms with Crippen LogP contribution in [0.2, 0.25) is 0 Å². The molecule has 0 amide bonds. The Morgan fingerprint density at radius 3 is 2.29 bits per heavy atom. The van der Waals surface area contributed by atoms with Crippen LogP contribution in [0.5, 0.6) is 0 Å². The lowest BCUT2D eigenvalue weighted by Crippen LogP contribution is -2.49. The smallest absolute Gasteiger partial charge is 0.322 e. The minimum Gasteiger partial charge on any atom is -0.480 e. The second-order valence-electron chi connectivity index (χ2n) is 4.72. The zero-order valence-electron chi connectivity index (χ0n) is 9.87. The highest BCUT2D eigenvalue weighted by atomic mass is 32.2. The standard InChI is InChI=1S/C10H18N2O4S/c1-8-4-2-6-11(8)17(15,16)12-7-3-5-9(12)10(13)14/h8-9H,2-7H2,1H3,(H,13,14). The van der Waals surface area contributed by atoms with Gasteiger partial charge in [0.1, 0.15) is 6.04 Å². The molecular formula is C10H18N2O4S. The van der Waals surface area contributed by atoms with Crippen LogP contribution in [-0.2, 0) is 15.0 Å². The fourth-order valence-electron chi connectivity index (χ4n) is 2.65. The summed E-state index contributed by atoms with van der Waals surface area (Å²) >= 11 is 0. The maximum atomic E-state index is 12.3. The molecule has 2 fully saturated rings. The molecule has 2 heterocycles. The predicted octanol–water partition coefficient (Wildman–Crippen LogP) is 0.264. The van der Waals surface area contributed by atoms with Gasteiger partial charge in [-0.2, -0.15) is 17.0 Å². The third kappa shape index (κ3) is 2.19. The van der Waals surface area contributed by atoms with E-state index in [0.29, 0.717) is 25.9 Å². The quantitative estimate of drug-likeness (QED) is 0.791. The summed E-state index contributed by atoms with van der Waals surface area (Å²) in [6.07, 6.45) is 2.74. The predicted molar refractivity (Wildman–Crippen MR) is 61.7 cm³/mol. The van der Waals surface area contributed by atoms with Gasteiger partial charge in [0.25, 0.3) is 10.2 Å². The molecule has 0 aliphatic carbocycles. The molecule has 6 nitrogen and oxygen atoms in total. The van der Waals surface area contributed by atoms with Crippen LogP contribution in [0.3, 0.4) is 0 Å². The van der Waals surface area contributed by atoms with E-state index in [9.17, 15) is 13.2 Å². The molecule has 98 valence electrons. The van der Waals surface area contributed by atoms with Crippen molar-refractivity contribution in [1.82, 2.24) is 8.61 Å². The molecule has 0 bridgehead atoms. The van der Waals surface area contributed by atoms with Crippen molar-refractivity contribution in [3.8, 4) is 0 Å². The highest BCUT2D eigenvalue weighted by Crippen LogP contribution is 2.28. The van der Waals surface area contributed by atoms with Crippen LogP contribution < -0.4 is 0 Å². The summed E-state index contributed by atoms with van der Waals surface area (Å²) in [7, 11) is -3.60. The Balaban J connectivity index is 2.23. The molecule has 1 N–H and O–H groups in total. The van der Waals surface area contributed by atoms with Gasteiger partial charge in [0.2, 0.25) is 0 Å². The van der Waals surface area contributed by atoms with Crippen LogP contribution in [-0.4, -0.2) is 53.3 Å². The van der Waals surface area contributed by atoms with E-state index in [1.54, 1.807) is 0 Å². The van der Waals surface area contributed by atoms with Gasteiger partial charge in [-0.15, -0.1) is 0 Å². The van der Waals surface area contributed by atoms with E-state index in [1.807, 2.05) is 6.92 Å². The molecule has 17 heavy (non-hydrogen) atoms. The maximum absolute atomic E-state index is 12.3. The monoisotopic (exact) mass is 262 g/mol. The van der Waals surface area contributed by atoms with Crippen molar-refractivity contribution in [2.75, 3.05) is 13.1 Å². The largest absolute Gasteiger partial charge is 0.480 e. The molecule has 0 saturated carbocycles. The van der Waals surface area contributed by atoms with Crippen molar-refractivity contribution in [3.05, 3.63) is 0 Å². The van der Waals surface area contributed by atoms with Gasteiger partial charge in [-0.05, 0) is 32.6 Å². The molecule has 0 aromatic carbocycles. The van der Waals surface area contributed by atoms with Crippen LogP contribution >= 0.6 is 0 Å². The number of rotatable bonds is 3. The summed E-state index contributed by atoms with van der Waals surface area (Å²) in [5.41, 5.74) is 0. The first-order chi connectivity index (χ1) is 7.94. The van der Waals surface area contributed by atoms with Gasteiger partial charge < -0.3 is 5.11 Å². The molecule has 2 atom stereocenters. The van der Waals surface area contributed by atoms with Gasteiger partial charge >= 0.3 is 5.97 Å². The van der Waals surface area contributed by atoms with Gasteiger partial charge in [0.15, 0.2) is 0 Å². The van der Waals surface area contributed by atoms with Crippen LogP contribution in [0.15, 0.2) is 0 Å². The molecule has 2 rings (SSSR count). The Morgan fingerprint density at radius 2 is 1.76 bits per heavy atom. The highest BCUT2D eigenvalue weighted by molar-refractivity contribution is 7.86. The Kier molecular flexibility index (Phi) is 3.42. The molecule has 2 aliphatic rings. The third-order valence-electron chi connectivity index (χ3n) is 3.57. The number of hydrogen-bond acceptors (Lipinski definition) is 3. The Bertz CT molecular complexity index is 409. The summed E-state index contributed by atoms with van der Waals surface area (Å²) < 4.78 is 27.3.